The SMILES string of the molecule is COCC(C)(COC(=O)C1CCOC(C)C1)COC(=O)C1CCCC2OC21. The number of carbonyl (C=O) groups is 2. The van der Waals surface area contributed by atoms with E-state index in [1.165, 1.54) is 0 Å². The zero-order chi connectivity index (χ0) is 19.4. The Balaban J connectivity index is 1.47. The van der Waals surface area contributed by atoms with Crippen LogP contribution in [0.25, 0.3) is 0 Å². The lowest BCUT2D eigenvalue weighted by atomic mass is 9.89. The number of hydrogen-bond acceptors (Lipinski definition) is 7. The molecule has 2 heterocycles. The molecule has 3 aliphatic rings. The smallest absolute Gasteiger partial charge is 0.311 e. The van der Waals surface area contributed by atoms with E-state index in [1.54, 1.807) is 7.11 Å². The third kappa shape index (κ3) is 5.42. The van der Waals surface area contributed by atoms with Gasteiger partial charge in [-0.25, -0.2) is 0 Å². The van der Waals surface area contributed by atoms with Crippen molar-refractivity contribution in [3.8, 4) is 0 Å². The fourth-order valence-corrected chi connectivity index (χ4v) is 4.10. The molecular weight excluding hydrogens is 352 g/mol. The first-order valence-corrected chi connectivity index (χ1v) is 10.0. The number of ether oxygens (including phenoxy) is 5. The number of fused-ring (bicyclic) bond motifs is 1. The predicted octanol–water partition coefficient (Wildman–Crippen LogP) is 2.11. The second kappa shape index (κ2) is 8.88. The molecule has 0 aromatic carbocycles. The van der Waals surface area contributed by atoms with Gasteiger partial charge in [0, 0.05) is 13.7 Å². The number of epoxide rings is 1. The van der Waals surface area contributed by atoms with Crippen LogP contribution in [0.4, 0.5) is 0 Å². The predicted molar refractivity (Wildman–Crippen MR) is 96.0 cm³/mol. The molecule has 154 valence electrons. The van der Waals surface area contributed by atoms with Crippen molar-refractivity contribution in [3.63, 3.8) is 0 Å². The lowest BCUT2D eigenvalue weighted by molar-refractivity contribution is -0.164. The molecule has 0 N–H and O–H groups in total. The molecule has 3 fully saturated rings. The molecule has 7 heteroatoms. The first-order chi connectivity index (χ1) is 12.9. The lowest BCUT2D eigenvalue weighted by Gasteiger charge is -2.30. The van der Waals surface area contributed by atoms with Gasteiger partial charge in [0.15, 0.2) is 0 Å². The van der Waals surface area contributed by atoms with Crippen LogP contribution >= 0.6 is 0 Å². The molecule has 6 atom stereocenters. The van der Waals surface area contributed by atoms with Crippen LogP contribution in [0.5, 0.6) is 0 Å². The summed E-state index contributed by atoms with van der Waals surface area (Å²) in [6.07, 6.45) is 4.57. The van der Waals surface area contributed by atoms with Crippen molar-refractivity contribution in [1.82, 2.24) is 0 Å². The van der Waals surface area contributed by atoms with Gasteiger partial charge >= 0.3 is 11.9 Å². The van der Waals surface area contributed by atoms with E-state index in [-0.39, 0.29) is 55.3 Å². The number of rotatable bonds is 8. The second-order valence-corrected chi connectivity index (χ2v) is 8.54. The fourth-order valence-electron chi connectivity index (χ4n) is 4.10. The molecule has 0 aromatic rings. The molecule has 27 heavy (non-hydrogen) atoms. The van der Waals surface area contributed by atoms with Crippen LogP contribution < -0.4 is 0 Å². The van der Waals surface area contributed by atoms with Crippen molar-refractivity contribution >= 4 is 11.9 Å². The highest BCUT2D eigenvalue weighted by Gasteiger charge is 2.51. The molecule has 1 saturated carbocycles. The number of carbonyl (C=O) groups excluding carboxylic acids is 2. The molecule has 1 aliphatic carbocycles. The lowest BCUT2D eigenvalue weighted by Crippen LogP contribution is -2.39. The molecular formula is C20H32O7. The first-order valence-electron chi connectivity index (χ1n) is 10.0. The van der Waals surface area contributed by atoms with E-state index in [0.29, 0.717) is 26.1 Å². The maximum absolute atomic E-state index is 12.4. The van der Waals surface area contributed by atoms with Gasteiger partial charge in [-0.15, -0.1) is 0 Å². The zero-order valence-corrected chi connectivity index (χ0v) is 16.6. The van der Waals surface area contributed by atoms with Crippen molar-refractivity contribution < 1.29 is 33.3 Å². The molecule has 3 rings (SSSR count). The van der Waals surface area contributed by atoms with Gasteiger partial charge in [-0.05, 0) is 39.0 Å². The third-order valence-corrected chi connectivity index (χ3v) is 5.76. The van der Waals surface area contributed by atoms with Gasteiger partial charge in [-0.1, -0.05) is 6.92 Å². The molecule has 2 aliphatic heterocycles. The van der Waals surface area contributed by atoms with E-state index in [1.807, 2.05) is 13.8 Å². The zero-order valence-electron chi connectivity index (χ0n) is 16.6. The Morgan fingerprint density at radius 2 is 1.81 bits per heavy atom. The number of esters is 2. The normalized spacial score (nSPS) is 34.9. The summed E-state index contributed by atoms with van der Waals surface area (Å²) in [5.74, 6) is -0.717. The van der Waals surface area contributed by atoms with E-state index in [4.69, 9.17) is 23.7 Å². The maximum Gasteiger partial charge on any atom is 0.311 e. The molecule has 0 spiro atoms. The monoisotopic (exact) mass is 384 g/mol. The molecule has 2 saturated heterocycles. The largest absolute Gasteiger partial charge is 0.465 e. The number of hydrogen-bond donors (Lipinski definition) is 0. The highest BCUT2D eigenvalue weighted by molar-refractivity contribution is 5.74. The molecule has 0 amide bonds. The molecule has 0 aromatic heterocycles. The maximum atomic E-state index is 12.4. The summed E-state index contributed by atoms with van der Waals surface area (Å²) in [5, 5.41) is 0. The molecule has 7 nitrogen and oxygen atoms in total. The molecule has 6 unspecified atom stereocenters. The number of methoxy groups -OCH3 is 1. The summed E-state index contributed by atoms with van der Waals surface area (Å²) in [6, 6.07) is 0. The molecule has 0 radical (unpaired) electrons. The van der Waals surface area contributed by atoms with Crippen molar-refractivity contribution in [2.75, 3.05) is 33.5 Å². The van der Waals surface area contributed by atoms with E-state index in [2.05, 4.69) is 0 Å². The van der Waals surface area contributed by atoms with Gasteiger partial charge in [0.1, 0.15) is 13.2 Å². The van der Waals surface area contributed by atoms with Gasteiger partial charge < -0.3 is 23.7 Å². The van der Waals surface area contributed by atoms with Crippen LogP contribution in [0.3, 0.4) is 0 Å². The van der Waals surface area contributed by atoms with Crippen LogP contribution in [0.15, 0.2) is 0 Å². The van der Waals surface area contributed by atoms with Gasteiger partial charge in [-0.3, -0.25) is 9.59 Å². The molecule has 0 bridgehead atoms. The Kier molecular flexibility index (Phi) is 6.76. The highest BCUT2D eigenvalue weighted by Crippen LogP contribution is 2.41. The standard InChI is InChI=1S/C20H32O7/c1-13-9-14(7-8-24-13)18(21)25-11-20(2,10-23-3)12-26-19(22)15-5-4-6-16-17(15)27-16/h13-17H,4-12H2,1-3H3. The van der Waals surface area contributed by atoms with Crippen molar-refractivity contribution in [2.45, 2.75) is 64.3 Å². The summed E-state index contributed by atoms with van der Waals surface area (Å²) in [6.45, 7) is 5.11. The average molecular weight is 384 g/mol. The van der Waals surface area contributed by atoms with Crippen molar-refractivity contribution in [1.29, 1.82) is 0 Å². The van der Waals surface area contributed by atoms with Crippen molar-refractivity contribution in [2.24, 2.45) is 17.3 Å². The highest BCUT2D eigenvalue weighted by atomic mass is 16.6. The van der Waals surface area contributed by atoms with Gasteiger partial charge in [0.2, 0.25) is 0 Å². The second-order valence-electron chi connectivity index (χ2n) is 8.54. The van der Waals surface area contributed by atoms with Gasteiger partial charge in [0.25, 0.3) is 0 Å². The minimum atomic E-state index is -0.574. The summed E-state index contributed by atoms with van der Waals surface area (Å²) < 4.78 is 27.4. The van der Waals surface area contributed by atoms with Crippen LogP contribution in [0, 0.1) is 17.3 Å². The van der Waals surface area contributed by atoms with E-state index >= 15 is 0 Å². The Hall–Kier alpha value is -1.18. The Morgan fingerprint density at radius 1 is 1.07 bits per heavy atom. The first kappa shape index (κ1) is 20.6. The quantitative estimate of drug-likeness (QED) is 0.468. The minimum absolute atomic E-state index is 0.0354. The van der Waals surface area contributed by atoms with E-state index in [0.717, 1.165) is 19.3 Å². The average Bonchev–Trinajstić information content (AvgIpc) is 3.44. The van der Waals surface area contributed by atoms with Crippen LogP contribution in [-0.2, 0) is 33.3 Å². The van der Waals surface area contributed by atoms with Crippen LogP contribution in [0.1, 0.15) is 46.0 Å². The third-order valence-electron chi connectivity index (χ3n) is 5.76. The van der Waals surface area contributed by atoms with Crippen LogP contribution in [0.2, 0.25) is 0 Å². The Bertz CT molecular complexity index is 536. The summed E-state index contributed by atoms with van der Waals surface area (Å²) >= 11 is 0. The minimum Gasteiger partial charge on any atom is -0.465 e. The fraction of sp³-hybridized carbons (Fsp3) is 0.900. The van der Waals surface area contributed by atoms with Crippen molar-refractivity contribution in [3.05, 3.63) is 0 Å². The summed E-state index contributed by atoms with van der Waals surface area (Å²) in [4.78, 5) is 24.8. The van der Waals surface area contributed by atoms with Gasteiger partial charge in [-0.2, -0.15) is 0 Å². The van der Waals surface area contributed by atoms with E-state index in [9.17, 15) is 9.59 Å². The van der Waals surface area contributed by atoms with E-state index < -0.39 is 5.41 Å². The van der Waals surface area contributed by atoms with Gasteiger partial charge in [0.05, 0.1) is 42.2 Å². The Labute approximate surface area is 161 Å². The summed E-state index contributed by atoms with van der Waals surface area (Å²) in [5.41, 5.74) is -0.574. The topological polar surface area (TPSA) is 83.6 Å². The van der Waals surface area contributed by atoms with Crippen LogP contribution in [-0.4, -0.2) is 63.8 Å². The Morgan fingerprint density at radius 3 is 2.52 bits per heavy atom. The summed E-state index contributed by atoms with van der Waals surface area (Å²) in [7, 11) is 1.59.